The lowest BCUT2D eigenvalue weighted by Gasteiger charge is -2.15. The molecule has 3 aromatic carbocycles. The number of benzene rings is 3. The van der Waals surface area contributed by atoms with E-state index in [1.807, 2.05) is 48.5 Å². The summed E-state index contributed by atoms with van der Waals surface area (Å²) in [6.45, 7) is 1.12. The Bertz CT molecular complexity index is 1060. The van der Waals surface area contributed by atoms with Crippen molar-refractivity contribution < 1.29 is 23.9 Å². The van der Waals surface area contributed by atoms with E-state index in [0.717, 1.165) is 11.1 Å². The second-order valence-electron chi connectivity index (χ2n) is 6.71. The Kier molecular flexibility index (Phi) is 7.01. The molecule has 0 spiro atoms. The lowest BCUT2D eigenvalue weighted by molar-refractivity contribution is -0.155. The molecule has 0 aliphatic rings. The number of hydrogen-bond acceptors (Lipinski definition) is 5. The predicted molar refractivity (Wildman–Crippen MR) is 117 cm³/mol. The van der Waals surface area contributed by atoms with E-state index in [0.29, 0.717) is 17.0 Å². The number of rotatable bonds is 8. The van der Waals surface area contributed by atoms with Crippen molar-refractivity contribution in [3.63, 3.8) is 0 Å². The van der Waals surface area contributed by atoms with Crippen molar-refractivity contribution in [2.45, 2.75) is 13.0 Å². The van der Waals surface area contributed by atoms with E-state index in [9.17, 15) is 14.4 Å². The molecule has 7 nitrogen and oxygen atoms in total. The summed E-state index contributed by atoms with van der Waals surface area (Å²) in [4.78, 5) is 35.5. The first kappa shape index (κ1) is 21.6. The summed E-state index contributed by atoms with van der Waals surface area (Å²) in [6.07, 6.45) is -1.03. The number of carbonyl (C=O) groups is 3. The van der Waals surface area contributed by atoms with Crippen molar-refractivity contribution in [1.29, 1.82) is 0 Å². The molecule has 158 valence electrons. The van der Waals surface area contributed by atoms with E-state index in [4.69, 9.17) is 15.2 Å². The SMILES string of the molecule is CC(OC(=O)COc1ccccc1-c1ccccc1)C(=O)Nc1ccc(C(N)=O)cc1. The molecular weight excluding hydrogens is 396 g/mol. The number of primary amides is 1. The third kappa shape index (κ3) is 5.93. The Morgan fingerprint density at radius 2 is 1.55 bits per heavy atom. The summed E-state index contributed by atoms with van der Waals surface area (Å²) in [7, 11) is 0. The van der Waals surface area contributed by atoms with E-state index in [1.54, 1.807) is 6.07 Å². The van der Waals surface area contributed by atoms with Gasteiger partial charge in [0.05, 0.1) is 0 Å². The summed E-state index contributed by atoms with van der Waals surface area (Å²) in [5.74, 6) is -1.20. The molecule has 2 amide bonds. The topological polar surface area (TPSA) is 108 Å². The van der Waals surface area contributed by atoms with Gasteiger partial charge in [0.1, 0.15) is 5.75 Å². The molecule has 0 heterocycles. The number of amides is 2. The van der Waals surface area contributed by atoms with E-state index in [2.05, 4.69) is 5.32 Å². The summed E-state index contributed by atoms with van der Waals surface area (Å²) in [5, 5.41) is 2.61. The second kappa shape index (κ2) is 10.1. The minimum absolute atomic E-state index is 0.324. The van der Waals surface area contributed by atoms with Gasteiger partial charge in [-0.25, -0.2) is 4.79 Å². The molecule has 0 saturated heterocycles. The molecule has 0 bridgehead atoms. The van der Waals surface area contributed by atoms with Crippen LogP contribution in [0.1, 0.15) is 17.3 Å². The monoisotopic (exact) mass is 418 g/mol. The number of para-hydroxylation sites is 1. The average molecular weight is 418 g/mol. The van der Waals surface area contributed by atoms with Gasteiger partial charge in [-0.2, -0.15) is 0 Å². The summed E-state index contributed by atoms with van der Waals surface area (Å²) in [5.41, 5.74) is 7.77. The molecule has 0 aliphatic carbocycles. The van der Waals surface area contributed by atoms with Crippen LogP contribution < -0.4 is 15.8 Å². The molecule has 0 radical (unpaired) electrons. The zero-order valence-corrected chi connectivity index (χ0v) is 16.9. The van der Waals surface area contributed by atoms with Crippen LogP contribution in [0.25, 0.3) is 11.1 Å². The van der Waals surface area contributed by atoms with Gasteiger partial charge < -0.3 is 20.5 Å². The first-order chi connectivity index (χ1) is 14.9. The summed E-state index contributed by atoms with van der Waals surface area (Å²) >= 11 is 0. The van der Waals surface area contributed by atoms with Crippen LogP contribution in [0.3, 0.4) is 0 Å². The predicted octanol–water partition coefficient (Wildman–Crippen LogP) is 3.40. The summed E-state index contributed by atoms with van der Waals surface area (Å²) in [6, 6.07) is 23.1. The first-order valence-electron chi connectivity index (χ1n) is 9.61. The minimum atomic E-state index is -1.03. The number of esters is 1. The Labute approximate surface area is 179 Å². The molecule has 3 rings (SSSR count). The van der Waals surface area contributed by atoms with Crippen LogP contribution in [0.15, 0.2) is 78.9 Å². The van der Waals surface area contributed by atoms with Crippen molar-refractivity contribution >= 4 is 23.5 Å². The normalized spacial score (nSPS) is 11.3. The quantitative estimate of drug-likeness (QED) is 0.545. The molecule has 1 unspecified atom stereocenters. The average Bonchev–Trinajstić information content (AvgIpc) is 2.78. The number of nitrogens with two attached hydrogens (primary N) is 1. The van der Waals surface area contributed by atoms with Crippen molar-refractivity contribution in [3.8, 4) is 16.9 Å². The highest BCUT2D eigenvalue weighted by molar-refractivity contribution is 5.96. The van der Waals surface area contributed by atoms with Crippen LogP contribution >= 0.6 is 0 Å². The number of ether oxygens (including phenoxy) is 2. The first-order valence-corrected chi connectivity index (χ1v) is 9.61. The van der Waals surface area contributed by atoms with Crippen LogP contribution in [-0.4, -0.2) is 30.5 Å². The Hall–Kier alpha value is -4.13. The lowest BCUT2D eigenvalue weighted by Crippen LogP contribution is -2.31. The fourth-order valence-corrected chi connectivity index (χ4v) is 2.83. The smallest absolute Gasteiger partial charge is 0.344 e. The zero-order chi connectivity index (χ0) is 22.2. The molecule has 1 atom stereocenters. The van der Waals surface area contributed by atoms with E-state index >= 15 is 0 Å². The van der Waals surface area contributed by atoms with Gasteiger partial charge in [0.2, 0.25) is 5.91 Å². The fourth-order valence-electron chi connectivity index (χ4n) is 2.83. The molecule has 3 N–H and O–H groups in total. The lowest BCUT2D eigenvalue weighted by atomic mass is 10.1. The number of anilines is 1. The maximum absolute atomic E-state index is 12.3. The summed E-state index contributed by atoms with van der Waals surface area (Å²) < 4.78 is 10.8. The van der Waals surface area contributed by atoms with E-state index in [1.165, 1.54) is 31.2 Å². The Morgan fingerprint density at radius 3 is 2.23 bits per heavy atom. The molecule has 0 aliphatic heterocycles. The standard InChI is InChI=1S/C24H22N2O5/c1-16(24(29)26-19-13-11-18(12-14-19)23(25)28)31-22(27)15-30-21-10-6-5-9-20(21)17-7-3-2-4-8-17/h2-14,16H,15H2,1H3,(H2,25,28)(H,26,29). The van der Waals surface area contributed by atoms with Crippen molar-refractivity contribution in [2.24, 2.45) is 5.73 Å². The largest absolute Gasteiger partial charge is 0.481 e. The highest BCUT2D eigenvalue weighted by atomic mass is 16.6. The van der Waals surface area contributed by atoms with Gasteiger partial charge >= 0.3 is 5.97 Å². The van der Waals surface area contributed by atoms with Gasteiger partial charge in [0, 0.05) is 16.8 Å². The van der Waals surface area contributed by atoms with Crippen LogP contribution in [-0.2, 0) is 14.3 Å². The Morgan fingerprint density at radius 1 is 0.903 bits per heavy atom. The maximum Gasteiger partial charge on any atom is 0.344 e. The third-order valence-corrected chi connectivity index (χ3v) is 4.43. The van der Waals surface area contributed by atoms with Crippen molar-refractivity contribution in [1.82, 2.24) is 0 Å². The van der Waals surface area contributed by atoms with E-state index in [-0.39, 0.29) is 6.61 Å². The Balaban J connectivity index is 1.54. The molecule has 31 heavy (non-hydrogen) atoms. The van der Waals surface area contributed by atoms with Gasteiger partial charge in [-0.3, -0.25) is 9.59 Å². The van der Waals surface area contributed by atoms with Crippen LogP contribution in [0.2, 0.25) is 0 Å². The molecule has 3 aromatic rings. The van der Waals surface area contributed by atoms with Gasteiger partial charge in [-0.05, 0) is 42.8 Å². The van der Waals surface area contributed by atoms with Crippen LogP contribution in [0.4, 0.5) is 5.69 Å². The second-order valence-corrected chi connectivity index (χ2v) is 6.71. The number of carbonyl (C=O) groups excluding carboxylic acids is 3. The van der Waals surface area contributed by atoms with Crippen LogP contribution in [0, 0.1) is 0 Å². The third-order valence-electron chi connectivity index (χ3n) is 4.43. The maximum atomic E-state index is 12.3. The van der Waals surface area contributed by atoms with Crippen molar-refractivity contribution in [3.05, 3.63) is 84.4 Å². The molecule has 0 fully saturated rings. The van der Waals surface area contributed by atoms with Crippen molar-refractivity contribution in [2.75, 3.05) is 11.9 Å². The molecule has 0 saturated carbocycles. The van der Waals surface area contributed by atoms with Gasteiger partial charge in [-0.15, -0.1) is 0 Å². The molecule has 7 heteroatoms. The van der Waals surface area contributed by atoms with Gasteiger partial charge in [0.15, 0.2) is 12.7 Å². The highest BCUT2D eigenvalue weighted by Crippen LogP contribution is 2.29. The molecule has 0 aromatic heterocycles. The molecular formula is C24H22N2O5. The highest BCUT2D eigenvalue weighted by Gasteiger charge is 2.19. The number of hydrogen-bond donors (Lipinski definition) is 2. The zero-order valence-electron chi connectivity index (χ0n) is 16.9. The van der Waals surface area contributed by atoms with Crippen LogP contribution in [0.5, 0.6) is 5.75 Å². The van der Waals surface area contributed by atoms with E-state index < -0.39 is 23.9 Å². The number of nitrogens with one attached hydrogen (secondary N) is 1. The van der Waals surface area contributed by atoms with Gasteiger partial charge in [-0.1, -0.05) is 48.5 Å². The minimum Gasteiger partial charge on any atom is -0.481 e. The van der Waals surface area contributed by atoms with Gasteiger partial charge in [0.25, 0.3) is 5.91 Å². The fraction of sp³-hybridized carbons (Fsp3) is 0.125.